The average Bonchev–Trinajstić information content (AvgIpc) is 2.81. The molecule has 4 aromatic rings. The molecular formula is C27H27N3O3. The molecule has 0 saturated carbocycles. The van der Waals surface area contributed by atoms with Gasteiger partial charge >= 0.3 is 0 Å². The number of hydrogen-bond donors (Lipinski definition) is 1. The molecule has 1 N–H and O–H groups in total. The zero-order valence-corrected chi connectivity index (χ0v) is 19.0. The van der Waals surface area contributed by atoms with Gasteiger partial charge in [0.15, 0.2) is 0 Å². The van der Waals surface area contributed by atoms with E-state index in [4.69, 9.17) is 4.74 Å². The fourth-order valence-corrected chi connectivity index (χ4v) is 3.68. The van der Waals surface area contributed by atoms with Crippen LogP contribution in [0, 0.1) is 6.92 Å². The highest BCUT2D eigenvalue weighted by atomic mass is 16.5. The number of ether oxygens (including phenoxy) is 1. The molecule has 0 atom stereocenters. The zero-order chi connectivity index (χ0) is 23.4. The minimum absolute atomic E-state index is 0.116. The first-order valence-corrected chi connectivity index (χ1v) is 11.0. The van der Waals surface area contributed by atoms with Crippen LogP contribution in [0.2, 0.25) is 0 Å². The van der Waals surface area contributed by atoms with E-state index in [1.54, 1.807) is 29.7 Å². The summed E-state index contributed by atoms with van der Waals surface area (Å²) in [6, 6.07) is 22.7. The quantitative estimate of drug-likeness (QED) is 0.459. The molecule has 3 aromatic carbocycles. The maximum Gasteiger partial charge on any atom is 0.272 e. The van der Waals surface area contributed by atoms with Gasteiger partial charge in [-0.1, -0.05) is 42.5 Å². The number of benzene rings is 3. The van der Waals surface area contributed by atoms with Crippen LogP contribution in [0.5, 0.6) is 5.75 Å². The number of nitrogens with zero attached hydrogens (tertiary/aromatic N) is 2. The van der Waals surface area contributed by atoms with E-state index in [1.807, 2.05) is 68.4 Å². The predicted molar refractivity (Wildman–Crippen MR) is 130 cm³/mol. The zero-order valence-electron chi connectivity index (χ0n) is 19.0. The van der Waals surface area contributed by atoms with Crippen molar-refractivity contribution in [2.75, 3.05) is 0 Å². The molecule has 4 rings (SSSR count). The van der Waals surface area contributed by atoms with Crippen LogP contribution in [-0.4, -0.2) is 21.6 Å². The molecule has 0 aliphatic rings. The SMILES string of the molecule is Cc1nc2cc(C(=O)NCc3ccc(OC(C)C)cc3)ccc2n(Cc2ccccc2)c1=O. The summed E-state index contributed by atoms with van der Waals surface area (Å²) >= 11 is 0. The summed E-state index contributed by atoms with van der Waals surface area (Å²) in [4.78, 5) is 30.0. The Hall–Kier alpha value is -3.93. The lowest BCUT2D eigenvalue weighted by molar-refractivity contribution is 0.0951. The van der Waals surface area contributed by atoms with E-state index in [0.717, 1.165) is 16.9 Å². The van der Waals surface area contributed by atoms with Gasteiger partial charge in [-0.3, -0.25) is 9.59 Å². The highest BCUT2D eigenvalue weighted by Gasteiger charge is 2.12. The normalized spacial score (nSPS) is 11.0. The van der Waals surface area contributed by atoms with Crippen LogP contribution in [-0.2, 0) is 13.1 Å². The largest absolute Gasteiger partial charge is 0.491 e. The maximum atomic E-state index is 12.8. The molecule has 1 heterocycles. The molecule has 0 radical (unpaired) electrons. The monoisotopic (exact) mass is 441 g/mol. The second-order valence-electron chi connectivity index (χ2n) is 8.27. The molecule has 0 aliphatic heterocycles. The van der Waals surface area contributed by atoms with Gasteiger partial charge in [0, 0.05) is 12.1 Å². The Bertz CT molecular complexity index is 1330. The van der Waals surface area contributed by atoms with Crippen molar-refractivity contribution in [2.45, 2.75) is 40.0 Å². The first-order chi connectivity index (χ1) is 15.9. The molecule has 0 spiro atoms. The third-order valence-electron chi connectivity index (χ3n) is 5.30. The molecule has 168 valence electrons. The summed E-state index contributed by atoms with van der Waals surface area (Å²) in [5.41, 5.74) is 4.09. The van der Waals surface area contributed by atoms with Gasteiger partial charge in [0.2, 0.25) is 0 Å². The summed E-state index contributed by atoms with van der Waals surface area (Å²) < 4.78 is 7.36. The van der Waals surface area contributed by atoms with E-state index < -0.39 is 0 Å². The molecule has 0 saturated heterocycles. The fraction of sp³-hybridized carbons (Fsp3) is 0.222. The summed E-state index contributed by atoms with van der Waals surface area (Å²) in [5, 5.41) is 2.94. The van der Waals surface area contributed by atoms with Gasteiger partial charge in [-0.25, -0.2) is 4.98 Å². The van der Waals surface area contributed by atoms with Crippen LogP contribution in [0.15, 0.2) is 77.6 Å². The number of aryl methyl sites for hydroxylation is 1. The lowest BCUT2D eigenvalue weighted by Gasteiger charge is -2.13. The summed E-state index contributed by atoms with van der Waals surface area (Å²) in [6.45, 7) is 6.51. The van der Waals surface area contributed by atoms with Crippen LogP contribution < -0.4 is 15.6 Å². The van der Waals surface area contributed by atoms with Gasteiger partial charge < -0.3 is 14.6 Å². The van der Waals surface area contributed by atoms with Crippen LogP contribution in [0.1, 0.15) is 41.0 Å². The van der Waals surface area contributed by atoms with E-state index in [1.165, 1.54) is 0 Å². The first kappa shape index (κ1) is 22.3. The molecule has 0 aliphatic carbocycles. The molecule has 1 aromatic heterocycles. The third-order valence-corrected chi connectivity index (χ3v) is 5.30. The molecule has 0 bridgehead atoms. The number of hydrogen-bond acceptors (Lipinski definition) is 4. The van der Waals surface area contributed by atoms with E-state index in [9.17, 15) is 9.59 Å². The second kappa shape index (κ2) is 9.69. The van der Waals surface area contributed by atoms with E-state index in [-0.39, 0.29) is 17.6 Å². The topological polar surface area (TPSA) is 73.2 Å². The van der Waals surface area contributed by atoms with E-state index in [0.29, 0.717) is 35.4 Å². The summed E-state index contributed by atoms with van der Waals surface area (Å²) in [5.74, 6) is 0.609. The van der Waals surface area contributed by atoms with Crippen LogP contribution in [0.4, 0.5) is 0 Å². The van der Waals surface area contributed by atoms with Crippen molar-refractivity contribution in [1.29, 1.82) is 0 Å². The molecule has 1 amide bonds. The molecular weight excluding hydrogens is 414 g/mol. The summed E-state index contributed by atoms with van der Waals surface area (Å²) in [7, 11) is 0. The maximum absolute atomic E-state index is 12.8. The number of nitrogens with one attached hydrogen (secondary N) is 1. The van der Waals surface area contributed by atoms with Gasteiger partial charge in [-0.2, -0.15) is 0 Å². The summed E-state index contributed by atoms with van der Waals surface area (Å²) in [6.07, 6.45) is 0.116. The van der Waals surface area contributed by atoms with Crippen molar-refractivity contribution >= 4 is 16.9 Å². The number of carbonyl (C=O) groups excluding carboxylic acids is 1. The molecule has 6 heteroatoms. The van der Waals surface area contributed by atoms with Crippen LogP contribution in [0.25, 0.3) is 11.0 Å². The Balaban J connectivity index is 1.53. The lowest BCUT2D eigenvalue weighted by atomic mass is 10.1. The number of fused-ring (bicyclic) bond motifs is 1. The minimum atomic E-state index is -0.195. The van der Waals surface area contributed by atoms with Crippen LogP contribution >= 0.6 is 0 Å². The molecule has 0 unspecified atom stereocenters. The van der Waals surface area contributed by atoms with Crippen molar-refractivity contribution < 1.29 is 9.53 Å². The van der Waals surface area contributed by atoms with E-state index >= 15 is 0 Å². The average molecular weight is 442 g/mol. The lowest BCUT2D eigenvalue weighted by Crippen LogP contribution is -2.25. The number of amides is 1. The Morgan fingerprint density at radius 2 is 1.73 bits per heavy atom. The Labute approximate surface area is 192 Å². The fourth-order valence-electron chi connectivity index (χ4n) is 3.68. The smallest absolute Gasteiger partial charge is 0.272 e. The number of rotatable bonds is 7. The standard InChI is InChI=1S/C27H27N3O3/c1-18(2)33-23-12-9-20(10-13-23)16-28-26(31)22-11-14-25-24(15-22)29-19(3)27(32)30(25)17-21-7-5-4-6-8-21/h4-15,18H,16-17H2,1-3H3,(H,28,31). The van der Waals surface area contributed by atoms with Gasteiger partial charge in [-0.05, 0) is 62.2 Å². The van der Waals surface area contributed by atoms with Crippen LogP contribution in [0.3, 0.4) is 0 Å². The Morgan fingerprint density at radius 1 is 1.00 bits per heavy atom. The van der Waals surface area contributed by atoms with Crippen molar-refractivity contribution in [3.05, 3.63) is 106 Å². The Morgan fingerprint density at radius 3 is 2.42 bits per heavy atom. The van der Waals surface area contributed by atoms with Crippen molar-refractivity contribution in [2.24, 2.45) is 0 Å². The molecule has 6 nitrogen and oxygen atoms in total. The van der Waals surface area contributed by atoms with Gasteiger partial charge in [-0.15, -0.1) is 0 Å². The van der Waals surface area contributed by atoms with Gasteiger partial charge in [0.05, 0.1) is 23.7 Å². The highest BCUT2D eigenvalue weighted by Crippen LogP contribution is 2.16. The van der Waals surface area contributed by atoms with Crippen molar-refractivity contribution in [3.63, 3.8) is 0 Å². The third kappa shape index (κ3) is 5.29. The van der Waals surface area contributed by atoms with Crippen molar-refractivity contribution in [3.8, 4) is 5.75 Å². The Kier molecular flexibility index (Phi) is 6.54. The first-order valence-electron chi connectivity index (χ1n) is 11.0. The van der Waals surface area contributed by atoms with E-state index in [2.05, 4.69) is 10.3 Å². The van der Waals surface area contributed by atoms with Gasteiger partial charge in [0.1, 0.15) is 11.4 Å². The van der Waals surface area contributed by atoms with Gasteiger partial charge in [0.25, 0.3) is 11.5 Å². The highest BCUT2D eigenvalue weighted by molar-refractivity contribution is 5.97. The molecule has 33 heavy (non-hydrogen) atoms. The minimum Gasteiger partial charge on any atom is -0.491 e. The van der Waals surface area contributed by atoms with Crippen molar-refractivity contribution in [1.82, 2.24) is 14.9 Å². The molecule has 0 fully saturated rings. The second-order valence-corrected chi connectivity index (χ2v) is 8.27. The number of aromatic nitrogens is 2. The predicted octanol–water partition coefficient (Wildman–Crippen LogP) is 4.47. The number of carbonyl (C=O) groups is 1.